The van der Waals surface area contributed by atoms with Gasteiger partial charge in [-0.2, -0.15) is 5.26 Å². The molecule has 0 spiro atoms. The Kier molecular flexibility index (Phi) is 4.97. The zero-order chi connectivity index (χ0) is 14.4. The van der Waals surface area contributed by atoms with E-state index in [9.17, 15) is 9.59 Å². The molecule has 1 aromatic heterocycles. The third-order valence-electron chi connectivity index (χ3n) is 2.43. The molecule has 7 nitrogen and oxygen atoms in total. The summed E-state index contributed by atoms with van der Waals surface area (Å²) in [6, 6.07) is 4.84. The van der Waals surface area contributed by atoms with Gasteiger partial charge in [-0.05, 0) is 19.1 Å². The molecule has 0 aliphatic carbocycles. The Morgan fingerprint density at radius 1 is 1.53 bits per heavy atom. The van der Waals surface area contributed by atoms with Crippen LogP contribution in [0.15, 0.2) is 12.1 Å². The van der Waals surface area contributed by atoms with Gasteiger partial charge < -0.3 is 15.5 Å². The standard InChI is InChI=1S/C12H13N3O4/c1-7-8(6-13)2-3-9(15-7)11(17)14-5-4-10(16)12(18)19/h2-3,10,16H,4-5H2,1H3,(H,14,17)(H,18,19)/t10-/m0/s1. The number of carbonyl (C=O) groups is 2. The fourth-order valence-electron chi connectivity index (χ4n) is 1.34. The van der Waals surface area contributed by atoms with Gasteiger partial charge in [-0.3, -0.25) is 4.79 Å². The molecule has 0 saturated carbocycles. The summed E-state index contributed by atoms with van der Waals surface area (Å²) in [7, 11) is 0. The smallest absolute Gasteiger partial charge is 0.332 e. The van der Waals surface area contributed by atoms with Gasteiger partial charge >= 0.3 is 5.97 Å². The maximum Gasteiger partial charge on any atom is 0.332 e. The first-order valence-electron chi connectivity index (χ1n) is 5.52. The van der Waals surface area contributed by atoms with Crippen LogP contribution in [0.2, 0.25) is 0 Å². The molecule has 0 aliphatic heterocycles. The molecule has 0 radical (unpaired) electrons. The van der Waals surface area contributed by atoms with Gasteiger partial charge in [0.25, 0.3) is 5.91 Å². The summed E-state index contributed by atoms with van der Waals surface area (Å²) in [5, 5.41) is 28.6. The van der Waals surface area contributed by atoms with Crippen molar-refractivity contribution in [2.24, 2.45) is 0 Å². The average molecular weight is 263 g/mol. The maximum absolute atomic E-state index is 11.7. The summed E-state index contributed by atoms with van der Waals surface area (Å²) < 4.78 is 0. The second kappa shape index (κ2) is 6.47. The first-order chi connectivity index (χ1) is 8.95. The number of amides is 1. The molecule has 1 heterocycles. The van der Waals surface area contributed by atoms with E-state index in [1.165, 1.54) is 12.1 Å². The number of carbonyl (C=O) groups excluding carboxylic acids is 1. The van der Waals surface area contributed by atoms with E-state index >= 15 is 0 Å². The number of carboxylic acids is 1. The number of hydrogen-bond donors (Lipinski definition) is 3. The molecule has 0 fully saturated rings. The molecule has 0 aromatic carbocycles. The summed E-state index contributed by atoms with van der Waals surface area (Å²) in [5.74, 6) is -1.81. The highest BCUT2D eigenvalue weighted by atomic mass is 16.4. The molecule has 100 valence electrons. The Morgan fingerprint density at radius 2 is 2.21 bits per heavy atom. The normalized spacial score (nSPS) is 11.4. The van der Waals surface area contributed by atoms with Crippen LogP contribution in [0, 0.1) is 18.3 Å². The molecule has 19 heavy (non-hydrogen) atoms. The van der Waals surface area contributed by atoms with Crippen molar-refractivity contribution in [2.75, 3.05) is 6.54 Å². The number of rotatable bonds is 5. The minimum atomic E-state index is -1.50. The van der Waals surface area contributed by atoms with Crippen molar-refractivity contribution in [3.05, 3.63) is 29.1 Å². The fraction of sp³-hybridized carbons (Fsp3) is 0.333. The second-order valence-corrected chi connectivity index (χ2v) is 3.84. The van der Waals surface area contributed by atoms with Crippen LogP contribution >= 0.6 is 0 Å². The number of nitriles is 1. The SMILES string of the molecule is Cc1nc(C(=O)NCC[C@H](O)C(=O)O)ccc1C#N. The van der Waals surface area contributed by atoms with E-state index in [-0.39, 0.29) is 18.7 Å². The highest BCUT2D eigenvalue weighted by molar-refractivity contribution is 5.92. The van der Waals surface area contributed by atoms with Crippen molar-refractivity contribution in [3.63, 3.8) is 0 Å². The van der Waals surface area contributed by atoms with Crippen LogP contribution in [0.25, 0.3) is 0 Å². The quantitative estimate of drug-likeness (QED) is 0.677. The number of carboxylic acid groups (broad SMARTS) is 1. The summed E-state index contributed by atoms with van der Waals surface area (Å²) >= 11 is 0. The van der Waals surface area contributed by atoms with Crippen molar-refractivity contribution in [1.82, 2.24) is 10.3 Å². The lowest BCUT2D eigenvalue weighted by atomic mass is 10.2. The Bertz CT molecular complexity index is 536. The molecule has 0 saturated heterocycles. The summed E-state index contributed by atoms with van der Waals surface area (Å²) in [4.78, 5) is 26.0. The van der Waals surface area contributed by atoms with Crippen LogP contribution < -0.4 is 5.32 Å². The summed E-state index contributed by atoms with van der Waals surface area (Å²) in [5.41, 5.74) is 0.972. The van der Waals surface area contributed by atoms with E-state index < -0.39 is 18.0 Å². The predicted octanol–water partition coefficient (Wildman–Crippen LogP) is -0.173. The first-order valence-corrected chi connectivity index (χ1v) is 5.52. The molecule has 0 unspecified atom stereocenters. The van der Waals surface area contributed by atoms with Crippen LogP contribution in [0.3, 0.4) is 0 Å². The lowest BCUT2D eigenvalue weighted by Crippen LogP contribution is -2.30. The molecule has 7 heteroatoms. The van der Waals surface area contributed by atoms with Crippen molar-refractivity contribution in [2.45, 2.75) is 19.4 Å². The van der Waals surface area contributed by atoms with Crippen molar-refractivity contribution < 1.29 is 19.8 Å². The summed E-state index contributed by atoms with van der Waals surface area (Å²) in [6.45, 7) is 1.64. The number of pyridine rings is 1. The van der Waals surface area contributed by atoms with Crippen molar-refractivity contribution >= 4 is 11.9 Å². The van der Waals surface area contributed by atoms with Crippen LogP contribution in [-0.4, -0.2) is 39.7 Å². The number of aliphatic hydroxyl groups is 1. The van der Waals surface area contributed by atoms with E-state index in [2.05, 4.69) is 10.3 Å². The molecule has 0 bridgehead atoms. The van der Waals surface area contributed by atoms with Crippen LogP contribution in [-0.2, 0) is 4.79 Å². The Hall–Kier alpha value is -2.46. The largest absolute Gasteiger partial charge is 0.479 e. The van der Waals surface area contributed by atoms with Gasteiger partial charge in [0.1, 0.15) is 11.8 Å². The zero-order valence-corrected chi connectivity index (χ0v) is 10.3. The van der Waals surface area contributed by atoms with E-state index in [0.29, 0.717) is 11.3 Å². The number of aryl methyl sites for hydroxylation is 1. The predicted molar refractivity (Wildman–Crippen MR) is 64.3 cm³/mol. The fourth-order valence-corrected chi connectivity index (χ4v) is 1.34. The van der Waals surface area contributed by atoms with Crippen LogP contribution in [0.1, 0.15) is 28.2 Å². The topological polar surface area (TPSA) is 123 Å². The Balaban J connectivity index is 2.57. The highest BCUT2D eigenvalue weighted by Gasteiger charge is 2.14. The molecular formula is C12H13N3O4. The molecule has 1 amide bonds. The number of hydrogen-bond acceptors (Lipinski definition) is 5. The molecule has 1 atom stereocenters. The minimum absolute atomic E-state index is 0.0209. The van der Waals surface area contributed by atoms with Crippen molar-refractivity contribution in [3.8, 4) is 6.07 Å². The summed E-state index contributed by atoms with van der Waals surface area (Å²) in [6.07, 6.45) is -1.59. The van der Waals surface area contributed by atoms with E-state index in [0.717, 1.165) is 0 Å². The van der Waals surface area contributed by atoms with Gasteiger partial charge in [0.15, 0.2) is 6.10 Å². The lowest BCUT2D eigenvalue weighted by molar-refractivity contribution is -0.146. The van der Waals surface area contributed by atoms with Gasteiger partial charge in [0.2, 0.25) is 0 Å². The van der Waals surface area contributed by atoms with Gasteiger partial charge in [0.05, 0.1) is 11.3 Å². The second-order valence-electron chi connectivity index (χ2n) is 3.84. The number of nitrogens with one attached hydrogen (secondary N) is 1. The monoisotopic (exact) mass is 263 g/mol. The molecule has 1 aromatic rings. The molecule has 3 N–H and O–H groups in total. The maximum atomic E-state index is 11.7. The molecule has 1 rings (SSSR count). The third-order valence-corrected chi connectivity index (χ3v) is 2.43. The van der Waals surface area contributed by atoms with Gasteiger partial charge in [-0.15, -0.1) is 0 Å². The zero-order valence-electron chi connectivity index (χ0n) is 10.3. The van der Waals surface area contributed by atoms with Crippen molar-refractivity contribution in [1.29, 1.82) is 5.26 Å². The molecular weight excluding hydrogens is 250 g/mol. The Morgan fingerprint density at radius 3 is 2.74 bits per heavy atom. The van der Waals surface area contributed by atoms with E-state index in [1.807, 2.05) is 6.07 Å². The number of nitrogens with zero attached hydrogens (tertiary/aromatic N) is 2. The Labute approximate surface area is 109 Å². The minimum Gasteiger partial charge on any atom is -0.479 e. The van der Waals surface area contributed by atoms with Gasteiger partial charge in [-0.25, -0.2) is 9.78 Å². The van der Waals surface area contributed by atoms with E-state index in [1.54, 1.807) is 6.92 Å². The van der Waals surface area contributed by atoms with E-state index in [4.69, 9.17) is 15.5 Å². The third kappa shape index (κ3) is 4.04. The number of aliphatic hydroxyl groups excluding tert-OH is 1. The number of aromatic nitrogens is 1. The first kappa shape index (κ1) is 14.6. The van der Waals surface area contributed by atoms with Gasteiger partial charge in [-0.1, -0.05) is 0 Å². The highest BCUT2D eigenvalue weighted by Crippen LogP contribution is 2.05. The average Bonchev–Trinajstić information content (AvgIpc) is 2.38. The van der Waals surface area contributed by atoms with Gasteiger partial charge in [0, 0.05) is 13.0 Å². The number of aliphatic carboxylic acids is 1. The lowest BCUT2D eigenvalue weighted by Gasteiger charge is -2.07. The molecule has 0 aliphatic rings. The van der Waals surface area contributed by atoms with Crippen LogP contribution in [0.5, 0.6) is 0 Å². The van der Waals surface area contributed by atoms with Crippen LogP contribution in [0.4, 0.5) is 0 Å².